The maximum Gasteiger partial charge on any atom is 0.336 e. The molecule has 6 nitrogen and oxygen atoms in total. The molecule has 0 spiro atoms. The molecule has 1 unspecified atom stereocenters. The molecule has 0 bridgehead atoms. The van der Waals surface area contributed by atoms with Crippen molar-refractivity contribution in [3.63, 3.8) is 0 Å². The van der Waals surface area contributed by atoms with Crippen molar-refractivity contribution in [1.82, 2.24) is 4.90 Å². The van der Waals surface area contributed by atoms with Crippen LogP contribution in [0.25, 0.3) is 22.1 Å². The fraction of sp³-hybridized carbons (Fsp3) is 0.292. The number of carbonyl (C=O) groups excluding carboxylic acids is 1. The largest absolute Gasteiger partial charge is 0.481 e. The highest BCUT2D eigenvalue weighted by Crippen LogP contribution is 2.34. The van der Waals surface area contributed by atoms with Crippen molar-refractivity contribution in [2.75, 3.05) is 13.1 Å². The number of fused-ring (bicyclic) bond motifs is 1. The third-order valence-corrected chi connectivity index (χ3v) is 5.79. The van der Waals surface area contributed by atoms with Crippen LogP contribution in [0, 0.1) is 17.2 Å². The molecule has 7 heteroatoms. The normalized spacial score (nSPS) is 17.2. The van der Waals surface area contributed by atoms with E-state index in [1.54, 1.807) is 36.1 Å². The van der Waals surface area contributed by atoms with Crippen LogP contribution in [0.5, 0.6) is 5.75 Å². The number of carbonyl (C=O) groups is 1. The molecule has 31 heavy (non-hydrogen) atoms. The van der Waals surface area contributed by atoms with Gasteiger partial charge in [0.25, 0.3) is 5.91 Å². The van der Waals surface area contributed by atoms with E-state index in [1.165, 1.54) is 6.07 Å². The smallest absolute Gasteiger partial charge is 0.336 e. The second kappa shape index (κ2) is 8.83. The van der Waals surface area contributed by atoms with E-state index in [-0.39, 0.29) is 11.8 Å². The first-order valence-corrected chi connectivity index (χ1v) is 10.5. The van der Waals surface area contributed by atoms with E-state index < -0.39 is 11.7 Å². The van der Waals surface area contributed by atoms with Gasteiger partial charge in [0.2, 0.25) is 0 Å². The summed E-state index contributed by atoms with van der Waals surface area (Å²) in [6.45, 7) is 2.73. The van der Waals surface area contributed by atoms with Crippen LogP contribution in [0.3, 0.4) is 0 Å². The lowest BCUT2D eigenvalue weighted by molar-refractivity contribution is -0.139. The quantitative estimate of drug-likeness (QED) is 0.556. The number of nitriles is 1. The summed E-state index contributed by atoms with van der Waals surface area (Å²) in [7, 11) is 0. The average Bonchev–Trinajstić information content (AvgIpc) is 2.78. The van der Waals surface area contributed by atoms with Crippen LogP contribution in [0.2, 0.25) is 5.02 Å². The molecule has 0 N–H and O–H groups in total. The van der Waals surface area contributed by atoms with Gasteiger partial charge in [-0.25, -0.2) is 4.79 Å². The van der Waals surface area contributed by atoms with Crippen molar-refractivity contribution in [3.8, 4) is 22.9 Å². The van der Waals surface area contributed by atoms with Crippen LogP contribution in [-0.2, 0) is 4.79 Å². The van der Waals surface area contributed by atoms with E-state index in [4.69, 9.17) is 26.0 Å². The summed E-state index contributed by atoms with van der Waals surface area (Å²) >= 11 is 6.32. The number of benzene rings is 2. The third kappa shape index (κ3) is 4.42. The van der Waals surface area contributed by atoms with Gasteiger partial charge in [-0.15, -0.1) is 0 Å². The molecule has 0 saturated carbocycles. The summed E-state index contributed by atoms with van der Waals surface area (Å²) in [4.78, 5) is 26.6. The molecular weight excluding hydrogens is 416 g/mol. The Morgan fingerprint density at radius 3 is 2.84 bits per heavy atom. The molecule has 3 aromatic rings. The average molecular weight is 437 g/mol. The Balaban J connectivity index is 1.60. The van der Waals surface area contributed by atoms with Gasteiger partial charge in [0.05, 0.1) is 12.0 Å². The molecule has 0 radical (unpaired) electrons. The van der Waals surface area contributed by atoms with E-state index in [1.807, 2.05) is 18.2 Å². The predicted molar refractivity (Wildman–Crippen MR) is 118 cm³/mol. The molecule has 1 aliphatic heterocycles. The highest BCUT2D eigenvalue weighted by atomic mass is 35.5. The number of nitrogens with zero attached hydrogens (tertiary/aromatic N) is 2. The first kappa shape index (κ1) is 21.0. The number of ether oxygens (including phenoxy) is 1. The van der Waals surface area contributed by atoms with E-state index >= 15 is 0 Å². The summed E-state index contributed by atoms with van der Waals surface area (Å²) in [6, 6.07) is 16.1. The Bertz CT molecular complexity index is 1230. The van der Waals surface area contributed by atoms with Gasteiger partial charge in [0, 0.05) is 46.8 Å². The molecule has 1 aromatic heterocycles. The highest BCUT2D eigenvalue weighted by Gasteiger charge is 2.27. The Morgan fingerprint density at radius 2 is 2.06 bits per heavy atom. The molecule has 1 aliphatic rings. The minimum atomic E-state index is -0.728. The van der Waals surface area contributed by atoms with E-state index in [2.05, 4.69) is 6.07 Å². The van der Waals surface area contributed by atoms with Crippen LogP contribution in [0.4, 0.5) is 0 Å². The number of amides is 1. The van der Waals surface area contributed by atoms with Gasteiger partial charge in [-0.1, -0.05) is 29.8 Å². The minimum Gasteiger partial charge on any atom is -0.481 e. The number of hydrogen-bond acceptors (Lipinski definition) is 5. The summed E-state index contributed by atoms with van der Waals surface area (Å²) in [6.07, 6.45) is 0.892. The van der Waals surface area contributed by atoms with E-state index in [0.717, 1.165) is 18.4 Å². The topological polar surface area (TPSA) is 83.5 Å². The first-order valence-electron chi connectivity index (χ1n) is 10.1. The number of rotatable bonds is 4. The second-order valence-electron chi connectivity index (χ2n) is 7.63. The predicted octanol–water partition coefficient (Wildman–Crippen LogP) is 4.64. The van der Waals surface area contributed by atoms with Crippen molar-refractivity contribution in [3.05, 3.63) is 64.0 Å². The first-order chi connectivity index (χ1) is 15.0. The van der Waals surface area contributed by atoms with Crippen molar-refractivity contribution in [2.24, 2.45) is 5.92 Å². The van der Waals surface area contributed by atoms with Crippen molar-refractivity contribution in [2.45, 2.75) is 25.9 Å². The number of halogens is 1. The van der Waals surface area contributed by atoms with Crippen LogP contribution >= 0.6 is 11.6 Å². The van der Waals surface area contributed by atoms with E-state index in [0.29, 0.717) is 40.4 Å². The Hall–Kier alpha value is -3.30. The zero-order valence-corrected chi connectivity index (χ0v) is 17.8. The SMILES string of the molecule is C[C@@H](Oc1ccc2c(-c3ccccc3Cl)cc(=O)oc2c1)C(=O)N1CCCC(C#N)C1. The summed E-state index contributed by atoms with van der Waals surface area (Å²) in [5.41, 5.74) is 1.25. The lowest BCUT2D eigenvalue weighted by Gasteiger charge is -2.31. The van der Waals surface area contributed by atoms with E-state index in [9.17, 15) is 9.59 Å². The summed E-state index contributed by atoms with van der Waals surface area (Å²) in [5.74, 6) is 0.121. The third-order valence-electron chi connectivity index (χ3n) is 5.46. The molecule has 1 amide bonds. The number of hydrogen-bond donors (Lipinski definition) is 0. The van der Waals surface area contributed by atoms with Crippen LogP contribution in [0.1, 0.15) is 19.8 Å². The van der Waals surface area contributed by atoms with Crippen LogP contribution < -0.4 is 10.4 Å². The molecule has 2 heterocycles. The monoisotopic (exact) mass is 436 g/mol. The van der Waals surface area contributed by atoms with Crippen LogP contribution in [-0.4, -0.2) is 30.0 Å². The fourth-order valence-corrected chi connectivity index (χ4v) is 4.15. The Kier molecular flexibility index (Phi) is 5.97. The fourth-order valence-electron chi connectivity index (χ4n) is 3.91. The molecule has 158 valence electrons. The standard InChI is InChI=1S/C24H21ClN2O4/c1-15(24(29)27-10-4-5-16(13-26)14-27)30-17-8-9-19-20(12-23(28)31-22(19)11-17)18-6-2-3-7-21(18)25/h2-3,6-9,11-12,15-16H,4-5,10,14H2,1H3/t15-,16?/m1/s1. The van der Waals surface area contributed by atoms with Gasteiger partial charge < -0.3 is 14.1 Å². The molecular formula is C24H21ClN2O4. The number of likely N-dealkylation sites (tertiary alicyclic amines) is 1. The summed E-state index contributed by atoms with van der Waals surface area (Å²) < 4.78 is 11.2. The lowest BCUT2D eigenvalue weighted by atomic mass is 9.99. The zero-order valence-electron chi connectivity index (χ0n) is 17.0. The molecule has 2 atom stereocenters. The van der Waals surface area contributed by atoms with Gasteiger partial charge in [-0.3, -0.25) is 4.79 Å². The molecule has 1 fully saturated rings. The maximum atomic E-state index is 12.8. The van der Waals surface area contributed by atoms with Gasteiger partial charge in [0.1, 0.15) is 11.3 Å². The lowest BCUT2D eigenvalue weighted by Crippen LogP contribution is -2.45. The van der Waals surface area contributed by atoms with Gasteiger partial charge in [0.15, 0.2) is 6.10 Å². The van der Waals surface area contributed by atoms with Gasteiger partial charge in [-0.05, 0) is 38.0 Å². The molecule has 1 saturated heterocycles. The molecule has 2 aromatic carbocycles. The minimum absolute atomic E-state index is 0.136. The molecule has 4 rings (SSSR count). The second-order valence-corrected chi connectivity index (χ2v) is 8.04. The number of piperidine rings is 1. The van der Waals surface area contributed by atoms with Gasteiger partial charge >= 0.3 is 5.63 Å². The Morgan fingerprint density at radius 1 is 1.26 bits per heavy atom. The van der Waals surface area contributed by atoms with Crippen molar-refractivity contribution in [1.29, 1.82) is 5.26 Å². The van der Waals surface area contributed by atoms with Crippen molar-refractivity contribution < 1.29 is 13.9 Å². The van der Waals surface area contributed by atoms with Gasteiger partial charge in [-0.2, -0.15) is 5.26 Å². The highest BCUT2D eigenvalue weighted by molar-refractivity contribution is 6.33. The zero-order chi connectivity index (χ0) is 22.0. The Labute approximate surface area is 184 Å². The van der Waals surface area contributed by atoms with Crippen LogP contribution in [0.15, 0.2) is 57.7 Å². The summed E-state index contributed by atoms with van der Waals surface area (Å²) in [5, 5.41) is 10.4. The molecule has 0 aliphatic carbocycles. The maximum absolute atomic E-state index is 12.8. The van der Waals surface area contributed by atoms with Crippen molar-refractivity contribution >= 4 is 28.5 Å².